The third-order valence-electron chi connectivity index (χ3n) is 4.54. The van der Waals surface area contributed by atoms with Crippen molar-refractivity contribution in [1.29, 1.82) is 0 Å². The molecule has 24 heavy (non-hydrogen) atoms. The van der Waals surface area contributed by atoms with Gasteiger partial charge in [0.05, 0.1) is 11.1 Å². The largest absolute Gasteiger partial charge is 0.350 e. The maximum atomic E-state index is 12.4. The number of imide groups is 1. The zero-order valence-corrected chi connectivity index (χ0v) is 14.6. The van der Waals surface area contributed by atoms with E-state index in [1.54, 1.807) is 18.2 Å². The Balaban J connectivity index is 0.00000208. The summed E-state index contributed by atoms with van der Waals surface area (Å²) in [6.45, 7) is 4.61. The summed E-state index contributed by atoms with van der Waals surface area (Å²) in [5.41, 5.74) is 1.68. The van der Waals surface area contributed by atoms with Crippen molar-refractivity contribution in [3.63, 3.8) is 0 Å². The number of carbonyl (C=O) groups is 3. The summed E-state index contributed by atoms with van der Waals surface area (Å²) >= 11 is 0. The third kappa shape index (κ3) is 3.44. The average molecular weight is 352 g/mol. The predicted molar refractivity (Wildman–Crippen MR) is 92.4 cm³/mol. The Kier molecular flexibility index (Phi) is 5.62. The molecule has 0 bridgehead atoms. The Hall–Kier alpha value is -1.92. The lowest BCUT2D eigenvalue weighted by atomic mass is 10.00. The second-order valence-electron chi connectivity index (χ2n) is 6.30. The Labute approximate surface area is 147 Å². The molecule has 3 rings (SSSR count). The average Bonchev–Trinajstić information content (AvgIpc) is 2.74. The standard InChI is InChI=1S/C17H21N3O3.ClH/c1-10-5-6-12-13(8-10)17(23)20(16(12)22)9-15(21)19-14-4-3-7-18-11(14)2;/h5-6,8,11,14,18H,3-4,7,9H2,1-2H3,(H,19,21);1H. The molecule has 7 heteroatoms. The molecule has 2 aliphatic rings. The quantitative estimate of drug-likeness (QED) is 0.804. The van der Waals surface area contributed by atoms with Crippen molar-refractivity contribution in [2.45, 2.75) is 38.8 Å². The molecule has 0 aliphatic carbocycles. The number of rotatable bonds is 3. The minimum atomic E-state index is -0.394. The number of hydrogen-bond acceptors (Lipinski definition) is 4. The Morgan fingerprint density at radius 2 is 2.00 bits per heavy atom. The van der Waals surface area contributed by atoms with Crippen molar-refractivity contribution >= 4 is 30.1 Å². The normalized spacial score (nSPS) is 22.8. The Morgan fingerprint density at radius 1 is 1.29 bits per heavy atom. The molecule has 2 unspecified atom stereocenters. The van der Waals surface area contributed by atoms with E-state index in [2.05, 4.69) is 10.6 Å². The summed E-state index contributed by atoms with van der Waals surface area (Å²) in [5.74, 6) is -1.08. The number of piperidine rings is 1. The van der Waals surface area contributed by atoms with Crippen molar-refractivity contribution in [2.75, 3.05) is 13.1 Å². The van der Waals surface area contributed by atoms with Crippen LogP contribution < -0.4 is 10.6 Å². The highest BCUT2D eigenvalue weighted by atomic mass is 35.5. The van der Waals surface area contributed by atoms with E-state index in [4.69, 9.17) is 0 Å². The van der Waals surface area contributed by atoms with E-state index in [1.165, 1.54) is 0 Å². The number of carbonyl (C=O) groups excluding carboxylic acids is 3. The van der Waals surface area contributed by atoms with Crippen LogP contribution in [-0.4, -0.2) is 47.8 Å². The monoisotopic (exact) mass is 351 g/mol. The predicted octanol–water partition coefficient (Wildman–Crippen LogP) is 1.27. The van der Waals surface area contributed by atoms with Gasteiger partial charge in [-0.3, -0.25) is 19.3 Å². The number of amides is 3. The van der Waals surface area contributed by atoms with Gasteiger partial charge in [0.1, 0.15) is 6.54 Å². The summed E-state index contributed by atoms with van der Waals surface area (Å²) in [6, 6.07) is 5.37. The van der Waals surface area contributed by atoms with E-state index in [9.17, 15) is 14.4 Å². The van der Waals surface area contributed by atoms with Crippen LogP contribution in [0, 0.1) is 6.92 Å². The summed E-state index contributed by atoms with van der Waals surface area (Å²) in [4.78, 5) is 38.0. The van der Waals surface area contributed by atoms with Gasteiger partial charge in [-0.1, -0.05) is 11.6 Å². The van der Waals surface area contributed by atoms with Crippen LogP contribution in [0.2, 0.25) is 0 Å². The smallest absolute Gasteiger partial charge is 0.262 e. The molecule has 0 spiro atoms. The maximum absolute atomic E-state index is 12.4. The van der Waals surface area contributed by atoms with Crippen molar-refractivity contribution in [3.8, 4) is 0 Å². The van der Waals surface area contributed by atoms with Gasteiger partial charge >= 0.3 is 0 Å². The first kappa shape index (κ1) is 18.4. The van der Waals surface area contributed by atoms with E-state index < -0.39 is 11.8 Å². The first-order chi connectivity index (χ1) is 11.0. The molecular formula is C17H22ClN3O3. The van der Waals surface area contributed by atoms with Crippen LogP contribution >= 0.6 is 12.4 Å². The van der Waals surface area contributed by atoms with Crippen molar-refractivity contribution in [2.24, 2.45) is 0 Å². The van der Waals surface area contributed by atoms with Crippen LogP contribution in [0.5, 0.6) is 0 Å². The second kappa shape index (κ2) is 7.32. The van der Waals surface area contributed by atoms with Crippen LogP contribution in [0.1, 0.15) is 46.0 Å². The number of nitrogens with zero attached hydrogens (tertiary/aromatic N) is 1. The highest BCUT2D eigenvalue weighted by Crippen LogP contribution is 2.23. The first-order valence-electron chi connectivity index (χ1n) is 7.97. The number of hydrogen-bond donors (Lipinski definition) is 2. The van der Waals surface area contributed by atoms with Crippen molar-refractivity contribution in [3.05, 3.63) is 34.9 Å². The lowest BCUT2D eigenvalue weighted by Gasteiger charge is -2.31. The molecule has 2 atom stereocenters. The zero-order chi connectivity index (χ0) is 16.6. The van der Waals surface area contributed by atoms with Crippen LogP contribution in [0.15, 0.2) is 18.2 Å². The SMILES string of the molecule is Cc1ccc2c(c1)C(=O)N(CC(=O)NC1CCCNC1C)C2=O.Cl. The molecule has 1 saturated heterocycles. The second-order valence-corrected chi connectivity index (χ2v) is 6.30. The first-order valence-corrected chi connectivity index (χ1v) is 7.97. The van der Waals surface area contributed by atoms with Crippen LogP contribution in [0.4, 0.5) is 0 Å². The zero-order valence-electron chi connectivity index (χ0n) is 13.8. The molecule has 0 saturated carbocycles. The topological polar surface area (TPSA) is 78.5 Å². The summed E-state index contributed by atoms with van der Waals surface area (Å²) in [6.07, 6.45) is 1.91. The van der Waals surface area contributed by atoms with Gasteiger partial charge in [-0.25, -0.2) is 0 Å². The van der Waals surface area contributed by atoms with Gasteiger partial charge in [0.15, 0.2) is 0 Å². The number of fused-ring (bicyclic) bond motifs is 1. The third-order valence-corrected chi connectivity index (χ3v) is 4.54. The molecule has 1 aromatic rings. The number of halogens is 1. The molecule has 1 fully saturated rings. The van der Waals surface area contributed by atoms with E-state index in [0.717, 1.165) is 29.8 Å². The van der Waals surface area contributed by atoms with Gasteiger partial charge in [0.25, 0.3) is 11.8 Å². The lowest BCUT2D eigenvalue weighted by Crippen LogP contribution is -2.54. The maximum Gasteiger partial charge on any atom is 0.262 e. The molecule has 2 aliphatic heterocycles. The molecule has 0 radical (unpaired) electrons. The van der Waals surface area contributed by atoms with E-state index in [1.807, 2.05) is 13.8 Å². The van der Waals surface area contributed by atoms with Crippen LogP contribution in [0.25, 0.3) is 0 Å². The minimum absolute atomic E-state index is 0. The molecule has 1 aromatic carbocycles. The highest BCUT2D eigenvalue weighted by Gasteiger charge is 2.37. The molecule has 6 nitrogen and oxygen atoms in total. The Bertz CT molecular complexity index is 677. The molecule has 130 valence electrons. The van der Waals surface area contributed by atoms with Crippen molar-refractivity contribution < 1.29 is 14.4 Å². The summed E-state index contributed by atoms with van der Waals surface area (Å²) < 4.78 is 0. The van der Waals surface area contributed by atoms with Crippen molar-refractivity contribution in [1.82, 2.24) is 15.5 Å². The van der Waals surface area contributed by atoms with Crippen LogP contribution in [-0.2, 0) is 4.79 Å². The fourth-order valence-corrected chi connectivity index (χ4v) is 3.19. The molecule has 2 heterocycles. The van der Waals surface area contributed by atoms with E-state index in [0.29, 0.717) is 11.1 Å². The Morgan fingerprint density at radius 3 is 2.71 bits per heavy atom. The van der Waals surface area contributed by atoms with Gasteiger partial charge in [-0.2, -0.15) is 0 Å². The highest BCUT2D eigenvalue weighted by molar-refractivity contribution is 6.22. The van der Waals surface area contributed by atoms with Gasteiger partial charge < -0.3 is 10.6 Å². The van der Waals surface area contributed by atoms with Crippen LogP contribution in [0.3, 0.4) is 0 Å². The van der Waals surface area contributed by atoms with Gasteiger partial charge in [0.2, 0.25) is 5.91 Å². The van der Waals surface area contributed by atoms with Gasteiger partial charge in [-0.05, 0) is 45.4 Å². The van der Waals surface area contributed by atoms with Gasteiger partial charge in [-0.15, -0.1) is 12.4 Å². The lowest BCUT2D eigenvalue weighted by molar-refractivity contribution is -0.122. The summed E-state index contributed by atoms with van der Waals surface area (Å²) in [5, 5.41) is 6.23. The van der Waals surface area contributed by atoms with E-state index in [-0.39, 0.29) is 36.9 Å². The number of nitrogens with one attached hydrogen (secondary N) is 2. The van der Waals surface area contributed by atoms with Gasteiger partial charge in [0, 0.05) is 12.1 Å². The number of benzene rings is 1. The summed E-state index contributed by atoms with van der Waals surface area (Å²) in [7, 11) is 0. The van der Waals surface area contributed by atoms with E-state index >= 15 is 0 Å². The minimum Gasteiger partial charge on any atom is -0.350 e. The molecule has 3 amide bonds. The fraction of sp³-hybridized carbons (Fsp3) is 0.471. The number of aryl methyl sites for hydroxylation is 1. The molecular weight excluding hydrogens is 330 g/mol. The fourth-order valence-electron chi connectivity index (χ4n) is 3.19. The molecule has 0 aromatic heterocycles. The molecule has 2 N–H and O–H groups in total.